The highest BCUT2D eigenvalue weighted by Gasteiger charge is 2.05. The van der Waals surface area contributed by atoms with Crippen LogP contribution in [0.25, 0.3) is 0 Å². The van der Waals surface area contributed by atoms with E-state index in [1.807, 2.05) is 0 Å². The Kier molecular flexibility index (Phi) is 3.60. The molecule has 0 N–H and O–H groups in total. The number of thiazole rings is 1. The molecule has 0 aromatic carbocycles. The second kappa shape index (κ2) is 4.51. The molecule has 0 radical (unpaired) electrons. The molecule has 1 aromatic rings. The Balaban J connectivity index is 2.54. The van der Waals surface area contributed by atoms with E-state index < -0.39 is 0 Å². The van der Waals surface area contributed by atoms with Gasteiger partial charge in [0.05, 0.1) is 10.7 Å². The number of ketones is 1. The van der Waals surface area contributed by atoms with Crippen molar-refractivity contribution in [1.82, 2.24) is 4.98 Å². The summed E-state index contributed by atoms with van der Waals surface area (Å²) in [4.78, 5) is 15.2. The highest BCUT2D eigenvalue weighted by Crippen LogP contribution is 2.19. The first kappa shape index (κ1) is 10.4. The van der Waals surface area contributed by atoms with E-state index in [0.717, 1.165) is 12.1 Å². The number of nitrogens with zero attached hydrogens (tertiary/aromatic N) is 1. The first-order chi connectivity index (χ1) is 6.09. The second-order valence-corrected chi connectivity index (χ2v) is 4.42. The van der Waals surface area contributed by atoms with Gasteiger partial charge in [0.25, 0.3) is 0 Å². The van der Waals surface area contributed by atoms with E-state index in [4.69, 9.17) is 0 Å². The minimum absolute atomic E-state index is 0.235. The summed E-state index contributed by atoms with van der Waals surface area (Å²) in [5, 5.41) is 3.22. The summed E-state index contributed by atoms with van der Waals surface area (Å²) in [5.41, 5.74) is 1.06. The smallest absolute Gasteiger partial charge is 0.130 e. The summed E-state index contributed by atoms with van der Waals surface area (Å²) in [6.07, 6.45) is 1.40. The van der Waals surface area contributed by atoms with Crippen molar-refractivity contribution in [3.05, 3.63) is 16.1 Å². The summed E-state index contributed by atoms with van der Waals surface area (Å²) in [6.45, 7) is 5.89. The predicted octanol–water partition coefficient (Wildman–Crippen LogP) is 2.79. The van der Waals surface area contributed by atoms with E-state index in [0.29, 0.717) is 12.3 Å². The Morgan fingerprint density at radius 1 is 1.62 bits per heavy atom. The van der Waals surface area contributed by atoms with Crippen LogP contribution < -0.4 is 0 Å². The van der Waals surface area contributed by atoms with Gasteiger partial charge < -0.3 is 4.79 Å². The highest BCUT2D eigenvalue weighted by molar-refractivity contribution is 7.09. The van der Waals surface area contributed by atoms with Crippen molar-refractivity contribution < 1.29 is 4.79 Å². The van der Waals surface area contributed by atoms with Crippen molar-refractivity contribution in [2.24, 2.45) is 0 Å². The molecule has 0 atom stereocenters. The monoisotopic (exact) mass is 197 g/mol. The molecule has 0 fully saturated rings. The number of aryl methyl sites for hydroxylation is 1. The van der Waals surface area contributed by atoms with E-state index >= 15 is 0 Å². The minimum Gasteiger partial charge on any atom is -0.300 e. The Morgan fingerprint density at radius 3 is 2.77 bits per heavy atom. The van der Waals surface area contributed by atoms with Crippen molar-refractivity contribution in [3.63, 3.8) is 0 Å². The van der Waals surface area contributed by atoms with E-state index in [1.54, 1.807) is 18.3 Å². The maximum atomic E-state index is 10.7. The molecule has 0 bridgehead atoms. The first-order valence-corrected chi connectivity index (χ1v) is 5.41. The molecule has 1 heterocycles. The molecule has 0 aliphatic rings. The quantitative estimate of drug-likeness (QED) is 0.743. The molecule has 0 saturated heterocycles. The zero-order valence-corrected chi connectivity index (χ0v) is 9.15. The van der Waals surface area contributed by atoms with Crippen LogP contribution in [-0.2, 0) is 11.2 Å². The van der Waals surface area contributed by atoms with Crippen LogP contribution in [0.1, 0.15) is 43.8 Å². The number of aromatic nitrogens is 1. The van der Waals surface area contributed by atoms with Gasteiger partial charge >= 0.3 is 0 Å². The summed E-state index contributed by atoms with van der Waals surface area (Å²) >= 11 is 1.69. The summed E-state index contributed by atoms with van der Waals surface area (Å²) in [7, 11) is 0. The molecule has 1 rings (SSSR count). The predicted molar refractivity (Wildman–Crippen MR) is 55.2 cm³/mol. The van der Waals surface area contributed by atoms with Crippen LogP contribution >= 0.6 is 11.3 Å². The second-order valence-electron chi connectivity index (χ2n) is 3.53. The van der Waals surface area contributed by atoms with Gasteiger partial charge in [0.15, 0.2) is 0 Å². The van der Waals surface area contributed by atoms with Gasteiger partial charge in [0.1, 0.15) is 5.78 Å². The maximum absolute atomic E-state index is 10.7. The van der Waals surface area contributed by atoms with Gasteiger partial charge in [-0.3, -0.25) is 0 Å². The van der Waals surface area contributed by atoms with Crippen LogP contribution in [0.15, 0.2) is 5.38 Å². The third-order valence-electron chi connectivity index (χ3n) is 1.80. The average Bonchev–Trinajstić information content (AvgIpc) is 2.48. The molecule has 3 heteroatoms. The fraction of sp³-hybridized carbons (Fsp3) is 0.600. The molecule has 0 spiro atoms. The van der Waals surface area contributed by atoms with Gasteiger partial charge in [-0.2, -0.15) is 0 Å². The van der Waals surface area contributed by atoms with E-state index in [1.165, 1.54) is 5.01 Å². The fourth-order valence-electron chi connectivity index (χ4n) is 1.01. The summed E-state index contributed by atoms with van der Waals surface area (Å²) in [6, 6.07) is 0. The number of hydrogen-bond donors (Lipinski definition) is 0. The minimum atomic E-state index is 0.235. The average molecular weight is 197 g/mol. The highest BCUT2D eigenvalue weighted by atomic mass is 32.1. The molecule has 1 aromatic heterocycles. The van der Waals surface area contributed by atoms with Gasteiger partial charge in [-0.05, 0) is 13.3 Å². The zero-order chi connectivity index (χ0) is 9.84. The molecule has 0 unspecified atom stereocenters. The van der Waals surface area contributed by atoms with Crippen LogP contribution in [0, 0.1) is 0 Å². The maximum Gasteiger partial charge on any atom is 0.130 e. The molecule has 2 nitrogen and oxygen atoms in total. The van der Waals surface area contributed by atoms with Crippen LogP contribution in [0.5, 0.6) is 0 Å². The molecular formula is C10H15NOS. The lowest BCUT2D eigenvalue weighted by Crippen LogP contribution is -1.95. The topological polar surface area (TPSA) is 30.0 Å². The fourth-order valence-corrected chi connectivity index (χ4v) is 1.88. The third kappa shape index (κ3) is 3.27. The van der Waals surface area contributed by atoms with E-state index in [-0.39, 0.29) is 5.78 Å². The molecule has 0 aliphatic carbocycles. The van der Waals surface area contributed by atoms with Crippen molar-refractivity contribution in [1.29, 1.82) is 0 Å². The van der Waals surface area contributed by atoms with E-state index in [2.05, 4.69) is 24.2 Å². The Bertz CT molecular complexity index is 291. The van der Waals surface area contributed by atoms with Crippen molar-refractivity contribution >= 4 is 17.1 Å². The van der Waals surface area contributed by atoms with Crippen molar-refractivity contribution in [3.8, 4) is 0 Å². The third-order valence-corrected chi connectivity index (χ3v) is 2.99. The summed E-state index contributed by atoms with van der Waals surface area (Å²) < 4.78 is 0. The molecule has 0 saturated carbocycles. The van der Waals surface area contributed by atoms with Gasteiger partial charge in [-0.25, -0.2) is 4.98 Å². The molecule has 0 amide bonds. The Hall–Kier alpha value is -0.700. The number of carbonyl (C=O) groups excluding carboxylic acids is 1. The van der Waals surface area contributed by atoms with E-state index in [9.17, 15) is 4.79 Å². The van der Waals surface area contributed by atoms with Gasteiger partial charge in [0, 0.05) is 17.7 Å². The number of carbonyl (C=O) groups is 1. The summed E-state index contributed by atoms with van der Waals surface area (Å²) in [5.74, 6) is 0.732. The number of hydrogen-bond acceptors (Lipinski definition) is 3. The number of rotatable bonds is 4. The molecule has 72 valence electrons. The van der Waals surface area contributed by atoms with Crippen molar-refractivity contribution in [2.75, 3.05) is 0 Å². The lowest BCUT2D eigenvalue weighted by molar-refractivity contribution is -0.116. The van der Waals surface area contributed by atoms with Crippen LogP contribution in [-0.4, -0.2) is 10.8 Å². The van der Waals surface area contributed by atoms with Gasteiger partial charge in [-0.1, -0.05) is 13.8 Å². The van der Waals surface area contributed by atoms with Gasteiger partial charge in [-0.15, -0.1) is 11.3 Å². The standard InChI is InChI=1S/C10H15NOS/c1-7(2)10-11-9(6-13-10)5-4-8(3)12/h6-7H,4-5H2,1-3H3. The molecular weight excluding hydrogens is 182 g/mol. The molecule has 0 aliphatic heterocycles. The lowest BCUT2D eigenvalue weighted by Gasteiger charge is -1.96. The van der Waals surface area contributed by atoms with Crippen molar-refractivity contribution in [2.45, 2.75) is 39.5 Å². The Labute approximate surface area is 83.0 Å². The normalized spacial score (nSPS) is 10.8. The zero-order valence-electron chi connectivity index (χ0n) is 8.33. The van der Waals surface area contributed by atoms with Crippen LogP contribution in [0.3, 0.4) is 0 Å². The number of Topliss-reactive ketones (excluding diaryl/α,β-unsaturated/α-hetero) is 1. The molecule has 13 heavy (non-hydrogen) atoms. The van der Waals surface area contributed by atoms with Gasteiger partial charge in [0.2, 0.25) is 0 Å². The Morgan fingerprint density at radius 2 is 2.31 bits per heavy atom. The lowest BCUT2D eigenvalue weighted by atomic mass is 10.2. The first-order valence-electron chi connectivity index (χ1n) is 4.53. The largest absolute Gasteiger partial charge is 0.300 e. The SMILES string of the molecule is CC(=O)CCc1csc(C(C)C)n1. The van der Waals surface area contributed by atoms with Crippen LogP contribution in [0.2, 0.25) is 0 Å². The van der Waals surface area contributed by atoms with Crippen LogP contribution in [0.4, 0.5) is 0 Å².